The maximum atomic E-state index is 10.7. The standard InChI is InChI=1S/C10H12N2O3/c11-9-5-4-8(3-1-2-6-13)10(7-9)12(14)15/h4-7H,1-3,11H2. The molecule has 1 aromatic carbocycles. The first-order chi connectivity index (χ1) is 7.15. The quantitative estimate of drug-likeness (QED) is 0.262. The second-order valence-electron chi connectivity index (χ2n) is 3.20. The first-order valence-corrected chi connectivity index (χ1v) is 4.61. The number of rotatable bonds is 5. The van der Waals surface area contributed by atoms with Crippen molar-refractivity contribution >= 4 is 17.7 Å². The van der Waals surface area contributed by atoms with Crippen molar-refractivity contribution < 1.29 is 9.72 Å². The molecule has 1 rings (SSSR count). The van der Waals surface area contributed by atoms with Crippen LogP contribution in [-0.4, -0.2) is 11.2 Å². The number of nitrogens with two attached hydrogens (primary N) is 1. The van der Waals surface area contributed by atoms with E-state index >= 15 is 0 Å². The number of unbranched alkanes of at least 4 members (excludes halogenated alkanes) is 1. The molecule has 0 radical (unpaired) electrons. The Morgan fingerprint density at radius 3 is 2.80 bits per heavy atom. The van der Waals surface area contributed by atoms with E-state index in [1.54, 1.807) is 12.1 Å². The Kier molecular flexibility index (Phi) is 3.79. The van der Waals surface area contributed by atoms with Gasteiger partial charge in [0.1, 0.15) is 6.29 Å². The van der Waals surface area contributed by atoms with E-state index in [1.165, 1.54) is 6.07 Å². The zero-order valence-corrected chi connectivity index (χ0v) is 8.18. The Hall–Kier alpha value is -1.91. The molecular weight excluding hydrogens is 196 g/mol. The van der Waals surface area contributed by atoms with Crippen molar-refractivity contribution in [1.29, 1.82) is 0 Å². The summed E-state index contributed by atoms with van der Waals surface area (Å²) in [5.74, 6) is 0. The molecule has 0 aromatic heterocycles. The number of nitrogens with zero attached hydrogens (tertiary/aromatic N) is 1. The van der Waals surface area contributed by atoms with Crippen molar-refractivity contribution in [2.24, 2.45) is 0 Å². The summed E-state index contributed by atoms with van der Waals surface area (Å²) >= 11 is 0. The van der Waals surface area contributed by atoms with Gasteiger partial charge in [0.15, 0.2) is 0 Å². The third kappa shape index (κ3) is 3.05. The second kappa shape index (κ2) is 5.09. The van der Waals surface area contributed by atoms with Gasteiger partial charge in [-0.25, -0.2) is 0 Å². The molecule has 0 unspecified atom stereocenters. The number of nitro groups is 1. The highest BCUT2D eigenvalue weighted by Gasteiger charge is 2.12. The van der Waals surface area contributed by atoms with Crippen LogP contribution >= 0.6 is 0 Å². The molecule has 0 spiro atoms. The highest BCUT2D eigenvalue weighted by atomic mass is 16.6. The third-order valence-corrected chi connectivity index (χ3v) is 2.07. The molecule has 80 valence electrons. The summed E-state index contributed by atoms with van der Waals surface area (Å²) in [6.07, 6.45) is 2.37. The minimum atomic E-state index is -0.452. The van der Waals surface area contributed by atoms with E-state index in [1.807, 2.05) is 0 Å². The van der Waals surface area contributed by atoms with Gasteiger partial charge in [0, 0.05) is 23.7 Å². The number of nitrogen functional groups attached to an aromatic ring is 1. The Balaban J connectivity index is 2.85. The van der Waals surface area contributed by atoms with Crippen molar-refractivity contribution in [3.8, 4) is 0 Å². The number of hydrogen-bond acceptors (Lipinski definition) is 4. The van der Waals surface area contributed by atoms with Crippen LogP contribution in [0.2, 0.25) is 0 Å². The fourth-order valence-corrected chi connectivity index (χ4v) is 1.34. The van der Waals surface area contributed by atoms with Gasteiger partial charge in [-0.3, -0.25) is 10.1 Å². The summed E-state index contributed by atoms with van der Waals surface area (Å²) in [6.45, 7) is 0. The molecule has 0 atom stereocenters. The molecule has 0 bridgehead atoms. The highest BCUT2D eigenvalue weighted by molar-refractivity contribution is 5.53. The molecule has 0 amide bonds. The molecule has 0 heterocycles. The number of hydrogen-bond donors (Lipinski definition) is 1. The zero-order valence-electron chi connectivity index (χ0n) is 8.18. The first kappa shape index (κ1) is 11.2. The smallest absolute Gasteiger partial charge is 0.274 e. The normalized spacial score (nSPS) is 9.87. The van der Waals surface area contributed by atoms with Gasteiger partial charge in [0.05, 0.1) is 4.92 Å². The second-order valence-corrected chi connectivity index (χ2v) is 3.20. The van der Waals surface area contributed by atoms with E-state index in [-0.39, 0.29) is 5.69 Å². The van der Waals surface area contributed by atoms with Crippen LogP contribution in [0.1, 0.15) is 18.4 Å². The largest absolute Gasteiger partial charge is 0.399 e. The minimum absolute atomic E-state index is 0.0286. The van der Waals surface area contributed by atoms with E-state index in [9.17, 15) is 14.9 Å². The number of carbonyl (C=O) groups is 1. The Morgan fingerprint density at radius 2 is 2.20 bits per heavy atom. The number of anilines is 1. The van der Waals surface area contributed by atoms with Gasteiger partial charge in [-0.2, -0.15) is 0 Å². The van der Waals surface area contributed by atoms with Gasteiger partial charge in [-0.1, -0.05) is 6.07 Å². The monoisotopic (exact) mass is 208 g/mol. The van der Waals surface area contributed by atoms with Crippen LogP contribution in [0.4, 0.5) is 11.4 Å². The topological polar surface area (TPSA) is 86.2 Å². The molecule has 0 aliphatic carbocycles. The average Bonchev–Trinajstić information content (AvgIpc) is 2.20. The first-order valence-electron chi connectivity index (χ1n) is 4.61. The van der Waals surface area contributed by atoms with E-state index in [0.717, 1.165) is 6.29 Å². The lowest BCUT2D eigenvalue weighted by Crippen LogP contribution is -1.97. The summed E-state index contributed by atoms with van der Waals surface area (Å²) in [5.41, 5.74) is 6.49. The van der Waals surface area contributed by atoms with Crippen LogP contribution in [0.15, 0.2) is 18.2 Å². The summed E-state index contributed by atoms with van der Waals surface area (Å²) in [6, 6.07) is 4.61. The van der Waals surface area contributed by atoms with Gasteiger partial charge >= 0.3 is 0 Å². The Morgan fingerprint density at radius 1 is 1.47 bits per heavy atom. The van der Waals surface area contributed by atoms with Crippen LogP contribution in [-0.2, 0) is 11.2 Å². The lowest BCUT2D eigenvalue weighted by atomic mass is 10.1. The van der Waals surface area contributed by atoms with Crippen molar-refractivity contribution in [2.75, 3.05) is 5.73 Å². The summed E-state index contributed by atoms with van der Waals surface area (Å²) < 4.78 is 0. The number of benzene rings is 1. The third-order valence-electron chi connectivity index (χ3n) is 2.07. The van der Waals surface area contributed by atoms with Crippen LogP contribution in [0, 0.1) is 10.1 Å². The van der Waals surface area contributed by atoms with Crippen LogP contribution in [0.5, 0.6) is 0 Å². The molecule has 2 N–H and O–H groups in total. The van der Waals surface area contributed by atoms with E-state index in [2.05, 4.69) is 0 Å². The SMILES string of the molecule is Nc1ccc(CCCC=O)c([N+](=O)[O-])c1. The molecule has 0 aliphatic rings. The summed E-state index contributed by atoms with van der Waals surface area (Å²) in [4.78, 5) is 20.3. The van der Waals surface area contributed by atoms with Gasteiger partial charge in [0.2, 0.25) is 0 Å². The van der Waals surface area contributed by atoms with Crippen molar-refractivity contribution in [3.05, 3.63) is 33.9 Å². The van der Waals surface area contributed by atoms with Crippen molar-refractivity contribution in [2.45, 2.75) is 19.3 Å². The van der Waals surface area contributed by atoms with Crippen LogP contribution in [0.25, 0.3) is 0 Å². The number of carbonyl (C=O) groups excluding carboxylic acids is 1. The number of aldehydes is 1. The average molecular weight is 208 g/mol. The number of aryl methyl sites for hydroxylation is 1. The van der Waals surface area contributed by atoms with E-state index in [0.29, 0.717) is 30.5 Å². The molecule has 0 saturated heterocycles. The van der Waals surface area contributed by atoms with Crippen LogP contribution < -0.4 is 5.73 Å². The number of nitro benzene ring substituents is 1. The lowest BCUT2D eigenvalue weighted by Gasteiger charge is -2.02. The maximum Gasteiger partial charge on any atom is 0.274 e. The zero-order chi connectivity index (χ0) is 11.3. The fourth-order valence-electron chi connectivity index (χ4n) is 1.34. The molecule has 5 heteroatoms. The van der Waals surface area contributed by atoms with Crippen LogP contribution in [0.3, 0.4) is 0 Å². The van der Waals surface area contributed by atoms with E-state index in [4.69, 9.17) is 5.73 Å². The molecule has 0 aliphatic heterocycles. The molecule has 15 heavy (non-hydrogen) atoms. The molecule has 5 nitrogen and oxygen atoms in total. The summed E-state index contributed by atoms with van der Waals surface area (Å²) in [5, 5.41) is 10.7. The Labute approximate surface area is 87.0 Å². The molecule has 0 fully saturated rings. The summed E-state index contributed by atoms with van der Waals surface area (Å²) in [7, 11) is 0. The predicted octanol–water partition coefficient (Wildman–Crippen LogP) is 1.70. The molecule has 1 aromatic rings. The van der Waals surface area contributed by atoms with Crippen molar-refractivity contribution in [3.63, 3.8) is 0 Å². The predicted molar refractivity (Wildman–Crippen MR) is 56.5 cm³/mol. The van der Waals surface area contributed by atoms with Gasteiger partial charge in [0.25, 0.3) is 5.69 Å². The molecular formula is C10H12N2O3. The minimum Gasteiger partial charge on any atom is -0.399 e. The maximum absolute atomic E-state index is 10.7. The van der Waals surface area contributed by atoms with Gasteiger partial charge in [-0.05, 0) is 18.9 Å². The van der Waals surface area contributed by atoms with Gasteiger partial charge in [-0.15, -0.1) is 0 Å². The fraction of sp³-hybridized carbons (Fsp3) is 0.300. The highest BCUT2D eigenvalue weighted by Crippen LogP contribution is 2.22. The Bertz CT molecular complexity index is 377. The lowest BCUT2D eigenvalue weighted by molar-refractivity contribution is -0.385. The van der Waals surface area contributed by atoms with Gasteiger partial charge < -0.3 is 10.5 Å². The van der Waals surface area contributed by atoms with E-state index < -0.39 is 4.92 Å². The molecule has 0 saturated carbocycles. The van der Waals surface area contributed by atoms with Crippen molar-refractivity contribution in [1.82, 2.24) is 0 Å².